The van der Waals surface area contributed by atoms with Crippen molar-refractivity contribution in [1.29, 1.82) is 5.26 Å². The summed E-state index contributed by atoms with van der Waals surface area (Å²) in [7, 11) is -3.51. The number of hydrogen-bond donors (Lipinski definition) is 1. The molecule has 1 aliphatic carbocycles. The number of nitriles is 1. The first kappa shape index (κ1) is 15.0. The Labute approximate surface area is 120 Å². The number of sulfonamides is 1. The lowest BCUT2D eigenvalue weighted by Gasteiger charge is -2.18. The van der Waals surface area contributed by atoms with Crippen LogP contribution >= 0.6 is 0 Å². The van der Waals surface area contributed by atoms with Gasteiger partial charge in [-0.1, -0.05) is 13.8 Å². The third kappa shape index (κ3) is 3.20. The molecule has 2 rings (SSSR count). The van der Waals surface area contributed by atoms with Crippen molar-refractivity contribution in [3.63, 3.8) is 0 Å². The Morgan fingerprint density at radius 1 is 1.40 bits per heavy atom. The first-order valence-corrected chi connectivity index (χ1v) is 8.25. The number of nitrogens with one attached hydrogen (secondary N) is 1. The lowest BCUT2D eigenvalue weighted by molar-refractivity contribution is 0.372. The Hall–Kier alpha value is -1.38. The van der Waals surface area contributed by atoms with E-state index in [0.717, 1.165) is 19.3 Å². The highest BCUT2D eigenvalue weighted by molar-refractivity contribution is 7.89. The molecule has 5 heteroatoms. The summed E-state index contributed by atoms with van der Waals surface area (Å²) in [5, 5.41) is 8.83. The minimum atomic E-state index is -3.51. The summed E-state index contributed by atoms with van der Waals surface area (Å²) >= 11 is 0. The van der Waals surface area contributed by atoms with Gasteiger partial charge in [0.15, 0.2) is 0 Å². The van der Waals surface area contributed by atoms with Crippen LogP contribution in [0.15, 0.2) is 23.1 Å². The maximum atomic E-state index is 12.4. The number of rotatable bonds is 3. The normalized spacial score (nSPS) is 21.6. The van der Waals surface area contributed by atoms with Crippen molar-refractivity contribution in [2.75, 3.05) is 0 Å². The molecule has 1 aromatic carbocycles. The van der Waals surface area contributed by atoms with Crippen LogP contribution in [-0.2, 0) is 10.0 Å². The van der Waals surface area contributed by atoms with Crippen LogP contribution in [-0.4, -0.2) is 14.5 Å². The van der Waals surface area contributed by atoms with Gasteiger partial charge in [0.2, 0.25) is 10.0 Å². The highest BCUT2D eigenvalue weighted by Crippen LogP contribution is 2.37. The Balaban J connectivity index is 2.22. The van der Waals surface area contributed by atoms with Crippen LogP contribution in [0.1, 0.15) is 44.2 Å². The van der Waals surface area contributed by atoms with Gasteiger partial charge in [-0.15, -0.1) is 0 Å². The van der Waals surface area contributed by atoms with Crippen LogP contribution in [0.2, 0.25) is 0 Å². The fraction of sp³-hybridized carbons (Fsp3) is 0.533. The molecular formula is C15H20N2O2S. The Morgan fingerprint density at radius 3 is 2.60 bits per heavy atom. The molecule has 0 heterocycles. The first-order chi connectivity index (χ1) is 9.23. The first-order valence-electron chi connectivity index (χ1n) is 6.77. The number of aryl methyl sites for hydroxylation is 1. The van der Waals surface area contributed by atoms with E-state index < -0.39 is 10.0 Å². The van der Waals surface area contributed by atoms with Crippen LogP contribution < -0.4 is 4.72 Å². The second-order valence-electron chi connectivity index (χ2n) is 6.32. The van der Waals surface area contributed by atoms with Gasteiger partial charge >= 0.3 is 0 Å². The van der Waals surface area contributed by atoms with E-state index >= 15 is 0 Å². The standard InChI is InChI=1S/C15H20N2O2S/c1-11-8-12(10-16)4-5-14(11)20(18,19)17-13-6-7-15(2,3)9-13/h4-5,8,13,17H,6-7,9H2,1-3H3. The summed E-state index contributed by atoms with van der Waals surface area (Å²) in [6, 6.07) is 6.68. The highest BCUT2D eigenvalue weighted by Gasteiger charge is 2.33. The summed E-state index contributed by atoms with van der Waals surface area (Å²) < 4.78 is 27.6. The minimum Gasteiger partial charge on any atom is -0.208 e. The van der Waals surface area contributed by atoms with Crippen LogP contribution in [0.4, 0.5) is 0 Å². The van der Waals surface area contributed by atoms with E-state index in [-0.39, 0.29) is 16.4 Å². The van der Waals surface area contributed by atoms with Crippen molar-refractivity contribution in [3.8, 4) is 6.07 Å². The van der Waals surface area contributed by atoms with Crippen molar-refractivity contribution < 1.29 is 8.42 Å². The minimum absolute atomic E-state index is 0.00467. The molecule has 1 atom stereocenters. The molecule has 0 saturated heterocycles. The lowest BCUT2D eigenvalue weighted by atomic mass is 9.92. The van der Waals surface area contributed by atoms with Gasteiger partial charge in [-0.3, -0.25) is 0 Å². The predicted molar refractivity (Wildman–Crippen MR) is 77.6 cm³/mol. The average molecular weight is 292 g/mol. The smallest absolute Gasteiger partial charge is 0.208 e. The predicted octanol–water partition coefficient (Wildman–Crippen LogP) is 2.72. The van der Waals surface area contributed by atoms with Crippen LogP contribution in [0.25, 0.3) is 0 Å². The summed E-state index contributed by atoms with van der Waals surface area (Å²) in [6.07, 6.45) is 2.77. The van der Waals surface area contributed by atoms with Gasteiger partial charge < -0.3 is 0 Å². The van der Waals surface area contributed by atoms with Gasteiger partial charge in [0, 0.05) is 6.04 Å². The molecule has 1 fully saturated rings. The fourth-order valence-electron chi connectivity index (χ4n) is 2.84. The third-order valence-electron chi connectivity index (χ3n) is 3.88. The molecule has 0 spiro atoms. The van der Waals surface area contributed by atoms with E-state index in [4.69, 9.17) is 5.26 Å². The summed E-state index contributed by atoms with van der Waals surface area (Å²) in [5.74, 6) is 0. The Morgan fingerprint density at radius 2 is 2.10 bits per heavy atom. The van der Waals surface area contributed by atoms with E-state index in [1.165, 1.54) is 6.07 Å². The molecule has 1 N–H and O–H groups in total. The van der Waals surface area contributed by atoms with Crippen molar-refractivity contribution in [2.24, 2.45) is 5.41 Å². The number of nitrogens with zero attached hydrogens (tertiary/aromatic N) is 1. The monoisotopic (exact) mass is 292 g/mol. The second-order valence-corrected chi connectivity index (χ2v) is 8.00. The van der Waals surface area contributed by atoms with Gasteiger partial charge in [0.1, 0.15) is 0 Å². The van der Waals surface area contributed by atoms with Crippen LogP contribution in [0.3, 0.4) is 0 Å². The molecule has 1 saturated carbocycles. The molecule has 1 unspecified atom stereocenters. The zero-order chi connectivity index (χ0) is 15.0. The van der Waals surface area contributed by atoms with E-state index in [1.54, 1.807) is 19.1 Å². The SMILES string of the molecule is Cc1cc(C#N)ccc1S(=O)(=O)NC1CCC(C)(C)C1. The van der Waals surface area contributed by atoms with Gasteiger partial charge in [-0.2, -0.15) is 5.26 Å². The average Bonchev–Trinajstić information content (AvgIpc) is 2.67. The molecule has 4 nitrogen and oxygen atoms in total. The van der Waals surface area contributed by atoms with Crippen molar-refractivity contribution in [3.05, 3.63) is 29.3 Å². The fourth-order valence-corrected chi connectivity index (χ4v) is 4.34. The Kier molecular flexibility index (Phi) is 3.90. The molecule has 0 aliphatic heterocycles. The zero-order valence-corrected chi connectivity index (χ0v) is 12.9. The van der Waals surface area contributed by atoms with E-state index in [0.29, 0.717) is 11.1 Å². The molecule has 0 amide bonds. The maximum Gasteiger partial charge on any atom is 0.241 e. The summed E-state index contributed by atoms with van der Waals surface area (Å²) in [6.45, 7) is 6.04. The van der Waals surface area contributed by atoms with E-state index in [9.17, 15) is 8.42 Å². The van der Waals surface area contributed by atoms with Crippen molar-refractivity contribution in [1.82, 2.24) is 4.72 Å². The molecule has 1 aliphatic rings. The molecule has 1 aromatic rings. The van der Waals surface area contributed by atoms with E-state index in [1.807, 2.05) is 6.07 Å². The zero-order valence-electron chi connectivity index (χ0n) is 12.1. The lowest BCUT2D eigenvalue weighted by Crippen LogP contribution is -2.33. The van der Waals surface area contributed by atoms with Crippen molar-refractivity contribution >= 4 is 10.0 Å². The second kappa shape index (κ2) is 5.19. The van der Waals surface area contributed by atoms with Crippen LogP contribution in [0.5, 0.6) is 0 Å². The molecule has 108 valence electrons. The molecule has 0 radical (unpaired) electrons. The maximum absolute atomic E-state index is 12.4. The largest absolute Gasteiger partial charge is 0.241 e. The topological polar surface area (TPSA) is 70.0 Å². The summed E-state index contributed by atoms with van der Waals surface area (Å²) in [4.78, 5) is 0.265. The van der Waals surface area contributed by atoms with Gasteiger partial charge in [-0.05, 0) is 55.4 Å². The van der Waals surface area contributed by atoms with E-state index in [2.05, 4.69) is 18.6 Å². The molecular weight excluding hydrogens is 272 g/mol. The number of hydrogen-bond acceptors (Lipinski definition) is 3. The third-order valence-corrected chi connectivity index (χ3v) is 5.56. The highest BCUT2D eigenvalue weighted by atomic mass is 32.2. The molecule has 0 bridgehead atoms. The van der Waals surface area contributed by atoms with Crippen LogP contribution in [0, 0.1) is 23.7 Å². The number of benzene rings is 1. The van der Waals surface area contributed by atoms with Crippen molar-refractivity contribution in [2.45, 2.75) is 51.0 Å². The Bertz CT molecular complexity index is 657. The quantitative estimate of drug-likeness (QED) is 0.931. The molecule has 20 heavy (non-hydrogen) atoms. The van der Waals surface area contributed by atoms with Gasteiger partial charge in [0.25, 0.3) is 0 Å². The van der Waals surface area contributed by atoms with Gasteiger partial charge in [-0.25, -0.2) is 13.1 Å². The summed E-state index contributed by atoms with van der Waals surface area (Å²) in [5.41, 5.74) is 1.28. The van der Waals surface area contributed by atoms with Gasteiger partial charge in [0.05, 0.1) is 16.5 Å². The molecule has 0 aromatic heterocycles.